The van der Waals surface area contributed by atoms with Crippen LogP contribution in [0.15, 0.2) is 134 Å². The molecule has 3 N–H and O–H groups in total. The molecule has 0 rings (SSSR count). The predicted molar refractivity (Wildman–Crippen MR) is 320 cm³/mol. The molecule has 9 nitrogen and oxygen atoms in total. The molecule has 0 aromatic rings. The van der Waals surface area contributed by atoms with Gasteiger partial charge in [-0.1, -0.05) is 244 Å². The van der Waals surface area contributed by atoms with Gasteiger partial charge in [-0.05, 0) is 109 Å². The fourth-order valence-corrected chi connectivity index (χ4v) is 8.49. The van der Waals surface area contributed by atoms with Crippen LogP contribution in [0, 0.1) is 0 Å². The molecule has 0 saturated heterocycles. The molecule has 0 heterocycles. The van der Waals surface area contributed by atoms with Gasteiger partial charge in [0.1, 0.15) is 6.61 Å². The Morgan fingerprint density at radius 1 is 0.400 bits per heavy atom. The van der Waals surface area contributed by atoms with Crippen LogP contribution in [0.2, 0.25) is 0 Å². The summed E-state index contributed by atoms with van der Waals surface area (Å²) in [6.07, 6.45) is 83.6. The molecule has 0 bridgehead atoms. The third-order valence-corrected chi connectivity index (χ3v) is 13.0. The number of esters is 2. The second-order valence-corrected chi connectivity index (χ2v) is 20.6. The van der Waals surface area contributed by atoms with E-state index in [9.17, 15) is 19.0 Å². The molecule has 0 aliphatic heterocycles. The second kappa shape index (κ2) is 59.4. The smallest absolute Gasteiger partial charge is 0.462 e. The first kappa shape index (κ1) is 71.2. The van der Waals surface area contributed by atoms with Crippen molar-refractivity contribution in [3.8, 4) is 0 Å². The summed E-state index contributed by atoms with van der Waals surface area (Å²) in [5.41, 5.74) is 5.38. The lowest BCUT2D eigenvalue weighted by Gasteiger charge is -2.19. The minimum atomic E-state index is -4.40. The Labute approximate surface area is 459 Å². The van der Waals surface area contributed by atoms with E-state index in [1.54, 1.807) is 0 Å². The molecule has 0 aliphatic carbocycles. The molecule has 10 heteroatoms. The maximum atomic E-state index is 12.7. The van der Waals surface area contributed by atoms with Crippen LogP contribution in [0.4, 0.5) is 0 Å². The van der Waals surface area contributed by atoms with Gasteiger partial charge in [-0.25, -0.2) is 4.57 Å². The summed E-state index contributed by atoms with van der Waals surface area (Å²) in [7, 11) is -4.40. The summed E-state index contributed by atoms with van der Waals surface area (Å²) in [6, 6.07) is 0. The number of allylic oxidation sites excluding steroid dienone is 22. The first-order valence-corrected chi connectivity index (χ1v) is 31.2. The van der Waals surface area contributed by atoms with Crippen molar-refractivity contribution in [3.05, 3.63) is 134 Å². The van der Waals surface area contributed by atoms with E-state index in [-0.39, 0.29) is 32.6 Å². The maximum Gasteiger partial charge on any atom is 0.472 e. The number of rotatable bonds is 54. The monoisotopic (exact) mass is 1060 g/mol. The van der Waals surface area contributed by atoms with Crippen molar-refractivity contribution in [2.45, 2.75) is 238 Å². The van der Waals surface area contributed by atoms with Crippen LogP contribution >= 0.6 is 7.82 Å². The van der Waals surface area contributed by atoms with Crippen molar-refractivity contribution in [3.63, 3.8) is 0 Å². The van der Waals surface area contributed by atoms with Crippen LogP contribution < -0.4 is 5.73 Å². The Bertz CT molecular complexity index is 1680. The van der Waals surface area contributed by atoms with Gasteiger partial charge in [-0.2, -0.15) is 0 Å². The molecule has 0 aliphatic rings. The lowest BCUT2D eigenvalue weighted by atomic mass is 10.0. The van der Waals surface area contributed by atoms with Gasteiger partial charge in [-0.3, -0.25) is 18.6 Å². The first-order chi connectivity index (χ1) is 36.8. The predicted octanol–water partition coefficient (Wildman–Crippen LogP) is 19.0. The normalized spacial score (nSPS) is 14.0. The van der Waals surface area contributed by atoms with Crippen molar-refractivity contribution in [2.24, 2.45) is 5.73 Å². The highest BCUT2D eigenvalue weighted by Gasteiger charge is 2.26. The number of ether oxygens (including phenoxy) is 2. The second-order valence-electron chi connectivity index (χ2n) is 19.1. The molecule has 75 heavy (non-hydrogen) atoms. The zero-order chi connectivity index (χ0) is 54.5. The number of carbonyl (C=O) groups excluding carboxylic acids is 2. The third-order valence-electron chi connectivity index (χ3n) is 12.0. The zero-order valence-corrected chi connectivity index (χ0v) is 48.4. The summed E-state index contributed by atoms with van der Waals surface area (Å²) < 4.78 is 33.0. The molecule has 0 aromatic heterocycles. The molecule has 426 valence electrons. The van der Waals surface area contributed by atoms with Gasteiger partial charge in [0.15, 0.2) is 6.10 Å². The van der Waals surface area contributed by atoms with E-state index < -0.39 is 32.5 Å². The van der Waals surface area contributed by atoms with Gasteiger partial charge in [0.25, 0.3) is 0 Å². The molecule has 0 saturated carbocycles. The van der Waals surface area contributed by atoms with E-state index in [1.807, 2.05) is 0 Å². The van der Waals surface area contributed by atoms with Crippen LogP contribution in [0.5, 0.6) is 0 Å². The number of carbonyl (C=O) groups is 2. The summed E-state index contributed by atoms with van der Waals surface area (Å²) in [5.74, 6) is -0.856. The minimum Gasteiger partial charge on any atom is -0.462 e. The van der Waals surface area contributed by atoms with Crippen molar-refractivity contribution >= 4 is 19.8 Å². The third kappa shape index (κ3) is 59.3. The number of phosphoric ester groups is 1. The van der Waals surface area contributed by atoms with E-state index in [4.69, 9.17) is 24.3 Å². The number of nitrogens with two attached hydrogens (primary N) is 1. The van der Waals surface area contributed by atoms with Crippen LogP contribution in [-0.4, -0.2) is 49.3 Å². The van der Waals surface area contributed by atoms with Crippen molar-refractivity contribution < 1.29 is 37.6 Å². The van der Waals surface area contributed by atoms with Crippen LogP contribution in [-0.2, 0) is 32.7 Å². The average Bonchev–Trinajstić information content (AvgIpc) is 3.40. The molecular formula is C65H108NO8P. The summed E-state index contributed by atoms with van der Waals surface area (Å²) in [5, 5.41) is 0. The molecule has 0 radical (unpaired) electrons. The Morgan fingerprint density at radius 2 is 0.693 bits per heavy atom. The number of hydrogen-bond acceptors (Lipinski definition) is 8. The summed E-state index contributed by atoms with van der Waals surface area (Å²) in [4.78, 5) is 35.2. The van der Waals surface area contributed by atoms with Gasteiger partial charge >= 0.3 is 19.8 Å². The van der Waals surface area contributed by atoms with Gasteiger partial charge in [-0.15, -0.1) is 0 Å². The largest absolute Gasteiger partial charge is 0.472 e. The highest BCUT2D eigenvalue weighted by atomic mass is 31.2. The van der Waals surface area contributed by atoms with Crippen molar-refractivity contribution in [1.82, 2.24) is 0 Å². The zero-order valence-electron chi connectivity index (χ0n) is 47.5. The average molecular weight is 1060 g/mol. The summed E-state index contributed by atoms with van der Waals surface area (Å²) in [6.45, 7) is 3.49. The molecule has 0 fully saturated rings. The maximum absolute atomic E-state index is 12.7. The van der Waals surface area contributed by atoms with E-state index >= 15 is 0 Å². The lowest BCUT2D eigenvalue weighted by molar-refractivity contribution is -0.161. The van der Waals surface area contributed by atoms with Crippen LogP contribution in [0.3, 0.4) is 0 Å². The highest BCUT2D eigenvalue weighted by molar-refractivity contribution is 7.47. The standard InChI is InChI=1S/C65H108NO8P/c1-3-5-7-9-11-13-15-17-19-21-23-25-26-27-28-29-30-31-32-33-34-35-36-38-40-42-44-46-48-50-52-54-56-58-65(68)74-63(62-73-75(69,70)72-60-59-66)61-71-64(67)57-55-53-51-49-47-45-43-41-39-37-24-22-20-18-16-14-12-10-8-6-4-2/h5-8,11-14,17-20,23-25,27-28,30-31,37,41,43,63H,3-4,9-10,15-16,21-22,26,29,32-36,38-40,42,44-62,66H2,1-2H3,(H,69,70)/b7-5-,8-6-,13-11-,14-12-,19-17-,20-18-,25-23-,28-27-,31-30-,37-24-,43-41-. The molecule has 0 amide bonds. The fourth-order valence-electron chi connectivity index (χ4n) is 7.72. The quantitative estimate of drug-likeness (QED) is 0.0264. The van der Waals surface area contributed by atoms with Crippen molar-refractivity contribution in [2.75, 3.05) is 26.4 Å². The van der Waals surface area contributed by atoms with Gasteiger partial charge in [0.2, 0.25) is 0 Å². The SMILES string of the molecule is CC/C=C\C/C=C\C/C=C\C/C=C\C/C=C\C/C=C\CCCCCCCCCCCCCCCCC(=O)OC(COC(=O)CCCCCCC/C=C\C/C=C\C/C=C\C/C=C\C/C=C\CC)COP(=O)(O)OCCN. The van der Waals surface area contributed by atoms with Gasteiger partial charge < -0.3 is 20.1 Å². The van der Waals surface area contributed by atoms with E-state index in [2.05, 4.69) is 148 Å². The Balaban J connectivity index is 4.00. The molecule has 2 atom stereocenters. The number of unbranched alkanes of at least 4 members (excludes halogenated alkanes) is 19. The number of hydrogen-bond donors (Lipinski definition) is 2. The van der Waals surface area contributed by atoms with E-state index in [0.29, 0.717) is 12.8 Å². The van der Waals surface area contributed by atoms with E-state index in [1.165, 1.54) is 70.6 Å². The molecule has 0 spiro atoms. The summed E-state index contributed by atoms with van der Waals surface area (Å²) >= 11 is 0. The van der Waals surface area contributed by atoms with Gasteiger partial charge in [0, 0.05) is 19.4 Å². The first-order valence-electron chi connectivity index (χ1n) is 29.7. The minimum absolute atomic E-state index is 0.0440. The number of phosphoric acid groups is 1. The molecule has 0 aromatic carbocycles. The van der Waals surface area contributed by atoms with Crippen LogP contribution in [0.1, 0.15) is 232 Å². The molecule has 2 unspecified atom stereocenters. The van der Waals surface area contributed by atoms with Gasteiger partial charge in [0.05, 0.1) is 13.2 Å². The molecular weight excluding hydrogens is 954 g/mol. The van der Waals surface area contributed by atoms with Crippen molar-refractivity contribution in [1.29, 1.82) is 0 Å². The Morgan fingerprint density at radius 3 is 1.03 bits per heavy atom. The highest BCUT2D eigenvalue weighted by Crippen LogP contribution is 2.43. The lowest BCUT2D eigenvalue weighted by Crippen LogP contribution is -2.29. The van der Waals surface area contributed by atoms with E-state index in [0.717, 1.165) is 122 Å². The van der Waals surface area contributed by atoms with Crippen LogP contribution in [0.25, 0.3) is 0 Å². The fraction of sp³-hybridized carbons (Fsp3) is 0.631. The Hall–Kier alpha value is -3.85. The Kier molecular flexibility index (Phi) is 56.3. The topological polar surface area (TPSA) is 134 Å².